The second kappa shape index (κ2) is 81.2. The highest BCUT2D eigenvalue weighted by Gasteiger charge is 2.18. The lowest BCUT2D eigenvalue weighted by Gasteiger charge is -2.20. The highest BCUT2D eigenvalue weighted by atomic mass is 16.5. The Morgan fingerprint density at radius 2 is 0.543 bits per heavy atom. The first-order valence-electron chi connectivity index (χ1n) is 41.9. The first-order valence-corrected chi connectivity index (χ1v) is 41.9. The standard InChI is InChI=1S/C86H163NO5/c1-3-5-7-9-11-13-15-17-19-21-22-44-47-50-54-58-62-66-70-74-78-84(89)83(82-88)87-85(90)79-75-71-67-63-59-55-51-48-45-42-40-38-36-34-32-30-28-26-24-23-25-27-29-31-33-35-37-39-41-43-46-49-53-57-61-65-69-73-77-81-92-86(91)80-76-72-68-64-60-56-52-20-18-16-14-12-10-8-6-4-2/h14,16,20,23-24,52,74,78,83-84,88-89H,3-13,15,17-19,21-22,25-51,53-73,75-77,79-82H2,1-2H3,(H,87,90)/b16-14-,24-23-,52-20-,78-74+. The van der Waals surface area contributed by atoms with Crippen molar-refractivity contribution in [1.29, 1.82) is 0 Å². The van der Waals surface area contributed by atoms with E-state index in [2.05, 4.69) is 55.6 Å². The topological polar surface area (TPSA) is 95.9 Å². The summed E-state index contributed by atoms with van der Waals surface area (Å²) in [7, 11) is 0. The van der Waals surface area contributed by atoms with Crippen LogP contribution in [-0.4, -0.2) is 47.4 Å². The fourth-order valence-corrected chi connectivity index (χ4v) is 13.2. The van der Waals surface area contributed by atoms with Crippen LogP contribution in [0.25, 0.3) is 0 Å². The third kappa shape index (κ3) is 76.8. The molecule has 0 aromatic rings. The number of esters is 1. The van der Waals surface area contributed by atoms with E-state index in [1.165, 1.54) is 385 Å². The Kier molecular flexibility index (Phi) is 79.3. The molecular weight excluding hydrogens is 1130 g/mol. The van der Waals surface area contributed by atoms with Gasteiger partial charge in [-0.15, -0.1) is 0 Å². The van der Waals surface area contributed by atoms with Crippen LogP contribution in [0.5, 0.6) is 0 Å². The number of allylic oxidation sites excluding steroid dienone is 7. The van der Waals surface area contributed by atoms with Gasteiger partial charge in [-0.2, -0.15) is 0 Å². The molecule has 0 saturated carbocycles. The van der Waals surface area contributed by atoms with Crippen LogP contribution < -0.4 is 5.32 Å². The third-order valence-electron chi connectivity index (χ3n) is 19.6. The lowest BCUT2D eigenvalue weighted by Crippen LogP contribution is -2.45. The molecule has 6 nitrogen and oxygen atoms in total. The van der Waals surface area contributed by atoms with Crippen LogP contribution in [0.15, 0.2) is 48.6 Å². The number of unbranched alkanes of at least 4 members (excludes halogenated alkanes) is 62. The minimum Gasteiger partial charge on any atom is -0.466 e. The van der Waals surface area contributed by atoms with Crippen molar-refractivity contribution < 1.29 is 24.5 Å². The number of aliphatic hydroxyl groups excluding tert-OH is 2. The Labute approximate surface area is 576 Å². The van der Waals surface area contributed by atoms with Crippen molar-refractivity contribution in [2.45, 2.75) is 475 Å². The van der Waals surface area contributed by atoms with Crippen LogP contribution >= 0.6 is 0 Å². The van der Waals surface area contributed by atoms with Crippen molar-refractivity contribution in [3.05, 3.63) is 48.6 Å². The van der Waals surface area contributed by atoms with Crippen LogP contribution in [0.3, 0.4) is 0 Å². The molecule has 1 amide bonds. The summed E-state index contributed by atoms with van der Waals surface area (Å²) in [6.07, 6.45) is 108. The maximum absolute atomic E-state index is 12.5. The lowest BCUT2D eigenvalue weighted by molar-refractivity contribution is -0.143. The summed E-state index contributed by atoms with van der Waals surface area (Å²) in [5, 5.41) is 23.3. The van der Waals surface area contributed by atoms with E-state index in [0.717, 1.165) is 51.4 Å². The number of rotatable bonds is 79. The fourth-order valence-electron chi connectivity index (χ4n) is 13.2. The summed E-state index contributed by atoms with van der Waals surface area (Å²) >= 11 is 0. The molecule has 0 saturated heterocycles. The van der Waals surface area contributed by atoms with Crippen LogP contribution in [0.1, 0.15) is 463 Å². The SMILES string of the molecule is CCCCCC/C=C\C/C=C\CCCCCCCC(=O)OCCCCCCCCCCCCCCCCCCCC/C=C\CCCCCCCCCCCCCCCCCCCC(=O)NC(CO)C(O)/C=C/CCCCCCCCCCCCCCCCCCCC. The Balaban J connectivity index is 3.35. The highest BCUT2D eigenvalue weighted by Crippen LogP contribution is 2.20. The second-order valence-electron chi connectivity index (χ2n) is 28.8. The predicted octanol–water partition coefficient (Wildman–Crippen LogP) is 27.9. The minimum atomic E-state index is -0.843. The molecule has 2 atom stereocenters. The van der Waals surface area contributed by atoms with E-state index in [0.29, 0.717) is 19.4 Å². The number of carbonyl (C=O) groups excluding carboxylic acids is 2. The largest absolute Gasteiger partial charge is 0.466 e. The van der Waals surface area contributed by atoms with Crippen molar-refractivity contribution in [3.63, 3.8) is 0 Å². The monoisotopic (exact) mass is 1290 g/mol. The molecule has 3 N–H and O–H groups in total. The van der Waals surface area contributed by atoms with Crippen molar-refractivity contribution in [1.82, 2.24) is 5.32 Å². The predicted molar refractivity (Wildman–Crippen MR) is 407 cm³/mol. The lowest BCUT2D eigenvalue weighted by atomic mass is 10.0. The molecule has 0 aliphatic rings. The van der Waals surface area contributed by atoms with Gasteiger partial charge >= 0.3 is 5.97 Å². The third-order valence-corrected chi connectivity index (χ3v) is 19.6. The van der Waals surface area contributed by atoms with Crippen LogP contribution in [0, 0.1) is 0 Å². The molecule has 0 rings (SSSR count). The minimum absolute atomic E-state index is 0.00929. The van der Waals surface area contributed by atoms with Crippen LogP contribution in [0.4, 0.5) is 0 Å². The zero-order valence-corrected chi connectivity index (χ0v) is 62.3. The number of amides is 1. The second-order valence-corrected chi connectivity index (χ2v) is 28.8. The molecule has 0 bridgehead atoms. The molecule has 0 aromatic heterocycles. The Morgan fingerprint density at radius 3 is 0.848 bits per heavy atom. The summed E-state index contributed by atoms with van der Waals surface area (Å²) in [5.41, 5.74) is 0. The summed E-state index contributed by atoms with van der Waals surface area (Å²) in [6, 6.07) is -0.626. The van der Waals surface area contributed by atoms with Gasteiger partial charge in [-0.3, -0.25) is 9.59 Å². The number of aliphatic hydroxyl groups is 2. The number of carbonyl (C=O) groups is 2. The average Bonchev–Trinajstić information content (AvgIpc) is 3.57. The van der Waals surface area contributed by atoms with Gasteiger partial charge in [0, 0.05) is 12.8 Å². The number of nitrogens with one attached hydrogen (secondary N) is 1. The highest BCUT2D eigenvalue weighted by molar-refractivity contribution is 5.76. The molecule has 92 heavy (non-hydrogen) atoms. The van der Waals surface area contributed by atoms with Gasteiger partial charge in [-0.25, -0.2) is 0 Å². The molecule has 0 heterocycles. The Bertz CT molecular complexity index is 1540. The van der Waals surface area contributed by atoms with E-state index in [-0.39, 0.29) is 18.5 Å². The number of hydrogen-bond donors (Lipinski definition) is 3. The Morgan fingerprint density at radius 1 is 0.304 bits per heavy atom. The van der Waals surface area contributed by atoms with Gasteiger partial charge in [-0.1, -0.05) is 409 Å². The van der Waals surface area contributed by atoms with Gasteiger partial charge in [0.1, 0.15) is 0 Å². The first kappa shape index (κ1) is 89.8. The molecule has 2 unspecified atom stereocenters. The van der Waals surface area contributed by atoms with Gasteiger partial charge in [0.15, 0.2) is 0 Å². The first-order chi connectivity index (χ1) is 45.5. The zero-order valence-electron chi connectivity index (χ0n) is 62.3. The van der Waals surface area contributed by atoms with Gasteiger partial charge in [-0.05, 0) is 89.9 Å². The van der Waals surface area contributed by atoms with E-state index in [9.17, 15) is 19.8 Å². The van der Waals surface area contributed by atoms with E-state index in [1.54, 1.807) is 6.08 Å². The fraction of sp³-hybridized carbons (Fsp3) is 0.884. The van der Waals surface area contributed by atoms with Gasteiger partial charge in [0.2, 0.25) is 5.91 Å². The van der Waals surface area contributed by atoms with Gasteiger partial charge in [0.05, 0.1) is 25.4 Å². The van der Waals surface area contributed by atoms with E-state index < -0.39 is 12.1 Å². The average molecular weight is 1290 g/mol. The quantitative estimate of drug-likeness (QED) is 0.0320. The summed E-state index contributed by atoms with van der Waals surface area (Å²) in [5.74, 6) is -0.0501. The number of hydrogen-bond acceptors (Lipinski definition) is 5. The maximum Gasteiger partial charge on any atom is 0.305 e. The normalized spacial score (nSPS) is 12.7. The molecule has 0 fully saturated rings. The van der Waals surface area contributed by atoms with Crippen LogP contribution in [0.2, 0.25) is 0 Å². The van der Waals surface area contributed by atoms with Gasteiger partial charge < -0.3 is 20.3 Å². The van der Waals surface area contributed by atoms with Crippen molar-refractivity contribution in [3.8, 4) is 0 Å². The molecule has 0 aliphatic carbocycles. The molecule has 6 heteroatoms. The van der Waals surface area contributed by atoms with E-state index >= 15 is 0 Å². The van der Waals surface area contributed by atoms with E-state index in [1.807, 2.05) is 6.08 Å². The van der Waals surface area contributed by atoms with Gasteiger partial charge in [0.25, 0.3) is 0 Å². The number of ether oxygens (including phenoxy) is 1. The summed E-state index contributed by atoms with van der Waals surface area (Å²) in [4.78, 5) is 24.6. The summed E-state index contributed by atoms with van der Waals surface area (Å²) < 4.78 is 5.50. The molecule has 0 spiro atoms. The van der Waals surface area contributed by atoms with Crippen molar-refractivity contribution in [2.24, 2.45) is 0 Å². The Hall–Kier alpha value is -2.18. The zero-order chi connectivity index (χ0) is 66.3. The smallest absolute Gasteiger partial charge is 0.305 e. The van der Waals surface area contributed by atoms with Crippen LogP contribution in [-0.2, 0) is 14.3 Å². The molecule has 0 radical (unpaired) electrons. The molecule has 0 aliphatic heterocycles. The van der Waals surface area contributed by atoms with Crippen molar-refractivity contribution >= 4 is 11.9 Å². The molecular formula is C86H163NO5. The maximum atomic E-state index is 12.5. The van der Waals surface area contributed by atoms with Crippen molar-refractivity contribution in [2.75, 3.05) is 13.2 Å². The molecule has 0 aromatic carbocycles. The molecule has 542 valence electrons. The summed E-state index contributed by atoms with van der Waals surface area (Å²) in [6.45, 7) is 4.93. The van der Waals surface area contributed by atoms with E-state index in [4.69, 9.17) is 4.74 Å².